The summed E-state index contributed by atoms with van der Waals surface area (Å²) in [6.45, 7) is 10.9. The summed E-state index contributed by atoms with van der Waals surface area (Å²) < 4.78 is 39.9. The monoisotopic (exact) mass is 815 g/mol. The number of fused-ring (bicyclic) bond motifs is 1. The van der Waals surface area contributed by atoms with Gasteiger partial charge >= 0.3 is 5.97 Å². The van der Waals surface area contributed by atoms with Gasteiger partial charge in [-0.3, -0.25) is 0 Å². The van der Waals surface area contributed by atoms with Gasteiger partial charge in [-0.2, -0.15) is 0 Å². The van der Waals surface area contributed by atoms with Crippen LogP contribution >= 0.6 is 27.3 Å². The minimum atomic E-state index is -2.24. The Morgan fingerprint density at radius 1 is 0.981 bits per heavy atom. The van der Waals surface area contributed by atoms with Crippen molar-refractivity contribution in [3.05, 3.63) is 113 Å². The number of pyridine rings is 1. The molecule has 274 valence electrons. The van der Waals surface area contributed by atoms with E-state index in [1.165, 1.54) is 23.5 Å². The number of ether oxygens (including phenoxy) is 3. The maximum atomic E-state index is 13.7. The zero-order chi connectivity index (χ0) is 37.9. The Morgan fingerprint density at radius 3 is 2.43 bits per heavy atom. The molecule has 53 heavy (non-hydrogen) atoms. The van der Waals surface area contributed by atoms with E-state index in [9.17, 15) is 14.3 Å². The Kier molecular flexibility index (Phi) is 11.2. The number of benzene rings is 3. The summed E-state index contributed by atoms with van der Waals surface area (Å²) in [4.78, 5) is 27.3. The van der Waals surface area contributed by atoms with Gasteiger partial charge in [0.1, 0.15) is 29.7 Å². The van der Waals surface area contributed by atoms with Crippen molar-refractivity contribution in [3.8, 4) is 45.0 Å². The number of hydrogen-bond donors (Lipinski definition) is 1. The highest BCUT2D eigenvalue weighted by atomic mass is 79.9. The lowest BCUT2D eigenvalue weighted by molar-refractivity contribution is -0.145. The molecule has 0 aliphatic heterocycles. The van der Waals surface area contributed by atoms with E-state index < -0.39 is 20.4 Å². The van der Waals surface area contributed by atoms with Crippen molar-refractivity contribution in [3.63, 3.8) is 0 Å². The molecule has 0 radical (unpaired) electrons. The minimum Gasteiger partial charge on any atom is -0.543 e. The van der Waals surface area contributed by atoms with Gasteiger partial charge in [-0.15, -0.1) is 11.3 Å². The van der Waals surface area contributed by atoms with Gasteiger partial charge in [0.2, 0.25) is 20.3 Å². The molecule has 3 aromatic heterocycles. The summed E-state index contributed by atoms with van der Waals surface area (Å²) in [6, 6.07) is 22.8. The van der Waals surface area contributed by atoms with Crippen LogP contribution < -0.4 is 18.6 Å². The van der Waals surface area contributed by atoms with Crippen LogP contribution in [-0.4, -0.2) is 47.6 Å². The van der Waals surface area contributed by atoms with E-state index in [0.717, 1.165) is 20.7 Å². The summed E-state index contributed by atoms with van der Waals surface area (Å²) >= 11 is 5.15. The second-order valence-corrected chi connectivity index (χ2v) is 20.5. The highest BCUT2D eigenvalue weighted by Crippen LogP contribution is 2.45. The van der Waals surface area contributed by atoms with Gasteiger partial charge in [0, 0.05) is 38.4 Å². The SMILES string of the molecule is COc1ccccc1-c1nccc(COc2ccc(O[Si](C)(C)C(C)(C)C)cc2C[C@@H](Oc2nccc3sc(-c4ccc(F)cc4)c(Br)c23)C(=O)O)n1. The Labute approximate surface area is 321 Å². The van der Waals surface area contributed by atoms with Gasteiger partial charge in [-0.1, -0.05) is 45.0 Å². The molecule has 0 unspecified atom stereocenters. The number of methoxy groups -OCH3 is 1. The molecular weight excluding hydrogens is 778 g/mol. The summed E-state index contributed by atoms with van der Waals surface area (Å²) in [6.07, 6.45) is 1.85. The van der Waals surface area contributed by atoms with Crippen molar-refractivity contribution < 1.29 is 32.9 Å². The van der Waals surface area contributed by atoms with E-state index in [1.54, 1.807) is 43.8 Å². The van der Waals surface area contributed by atoms with Gasteiger partial charge in [-0.05, 0) is 94.2 Å². The first-order valence-electron chi connectivity index (χ1n) is 16.9. The predicted octanol–water partition coefficient (Wildman–Crippen LogP) is 10.4. The van der Waals surface area contributed by atoms with Crippen LogP contribution in [0.4, 0.5) is 4.39 Å². The third-order valence-corrected chi connectivity index (χ3v) is 15.8. The number of halogens is 2. The number of carboxylic acid groups (broad SMARTS) is 1. The lowest BCUT2D eigenvalue weighted by Crippen LogP contribution is -2.43. The zero-order valence-electron chi connectivity index (χ0n) is 30.1. The number of carboxylic acids is 1. The number of aliphatic carboxylic acids is 1. The predicted molar refractivity (Wildman–Crippen MR) is 211 cm³/mol. The van der Waals surface area contributed by atoms with E-state index in [4.69, 9.17) is 23.6 Å². The summed E-state index contributed by atoms with van der Waals surface area (Å²) in [5.74, 6) is 0.869. The number of para-hydroxylation sites is 1. The molecule has 0 amide bonds. The molecule has 0 spiro atoms. The van der Waals surface area contributed by atoms with Crippen molar-refractivity contribution in [2.24, 2.45) is 0 Å². The second-order valence-electron chi connectivity index (χ2n) is 13.9. The molecule has 9 nitrogen and oxygen atoms in total. The summed E-state index contributed by atoms with van der Waals surface area (Å²) in [5, 5.41) is 11.1. The van der Waals surface area contributed by atoms with Gasteiger partial charge in [0.25, 0.3) is 0 Å². The molecule has 6 aromatic rings. The number of nitrogens with zero attached hydrogens (tertiary/aromatic N) is 3. The van der Waals surface area contributed by atoms with E-state index >= 15 is 0 Å². The van der Waals surface area contributed by atoms with E-state index in [1.807, 2.05) is 42.5 Å². The maximum absolute atomic E-state index is 13.7. The molecule has 6 rings (SSSR count). The summed E-state index contributed by atoms with van der Waals surface area (Å²) in [7, 11) is -0.645. The van der Waals surface area contributed by atoms with E-state index in [2.05, 4.69) is 59.8 Å². The van der Waals surface area contributed by atoms with Gasteiger partial charge in [0.05, 0.1) is 23.8 Å². The van der Waals surface area contributed by atoms with E-state index in [-0.39, 0.29) is 29.8 Å². The first kappa shape index (κ1) is 37.9. The highest BCUT2D eigenvalue weighted by Gasteiger charge is 2.39. The van der Waals surface area contributed by atoms with Crippen molar-refractivity contribution in [2.45, 2.75) is 58.0 Å². The van der Waals surface area contributed by atoms with Crippen molar-refractivity contribution in [1.29, 1.82) is 0 Å². The second kappa shape index (κ2) is 15.6. The Morgan fingerprint density at radius 2 is 1.72 bits per heavy atom. The molecular formula is C40H39BrFN3O6SSi. The molecule has 3 heterocycles. The fourth-order valence-electron chi connectivity index (χ4n) is 5.33. The van der Waals surface area contributed by atoms with Crippen LogP contribution in [-0.2, 0) is 17.8 Å². The highest BCUT2D eigenvalue weighted by molar-refractivity contribution is 9.10. The van der Waals surface area contributed by atoms with Gasteiger partial charge in [-0.25, -0.2) is 24.1 Å². The van der Waals surface area contributed by atoms with Gasteiger partial charge < -0.3 is 23.7 Å². The Bertz CT molecular complexity index is 2260. The molecule has 1 N–H and O–H groups in total. The van der Waals surface area contributed by atoms with Crippen LogP contribution in [0.3, 0.4) is 0 Å². The molecule has 0 fully saturated rings. The Balaban J connectivity index is 1.32. The molecule has 0 saturated heterocycles. The van der Waals surface area contributed by atoms with Gasteiger partial charge in [0.15, 0.2) is 5.82 Å². The van der Waals surface area contributed by atoms with Crippen molar-refractivity contribution in [2.75, 3.05) is 7.11 Å². The molecule has 0 bridgehead atoms. The largest absolute Gasteiger partial charge is 0.543 e. The van der Waals surface area contributed by atoms with Crippen LogP contribution in [0.2, 0.25) is 18.1 Å². The third-order valence-electron chi connectivity index (χ3n) is 9.20. The molecule has 1 atom stereocenters. The first-order chi connectivity index (χ1) is 25.2. The Hall–Kier alpha value is -4.85. The molecule has 0 saturated carbocycles. The average Bonchev–Trinajstić information content (AvgIpc) is 3.47. The van der Waals surface area contributed by atoms with Crippen molar-refractivity contribution in [1.82, 2.24) is 15.0 Å². The average molecular weight is 817 g/mol. The van der Waals surface area contributed by atoms with Crippen LogP contribution in [0.25, 0.3) is 31.9 Å². The molecule has 13 heteroatoms. The maximum Gasteiger partial charge on any atom is 0.345 e. The smallest absolute Gasteiger partial charge is 0.345 e. The van der Waals surface area contributed by atoms with Crippen LogP contribution in [0.5, 0.6) is 23.1 Å². The fourth-order valence-corrected chi connectivity index (χ4v) is 8.42. The topological polar surface area (TPSA) is 113 Å². The number of aromatic nitrogens is 3. The number of thiophene rings is 1. The fraction of sp³-hybridized carbons (Fsp3) is 0.250. The van der Waals surface area contributed by atoms with Crippen molar-refractivity contribution >= 4 is 51.6 Å². The van der Waals surface area contributed by atoms with Crippen LogP contribution in [0, 0.1) is 5.82 Å². The summed E-state index contributed by atoms with van der Waals surface area (Å²) in [5.41, 5.74) is 2.75. The standard InChI is InChI=1S/C40H39BrFN3O6SSi/c1-40(2,3)53(5,6)51-28-15-16-30(49-23-27-17-19-43-37(45-27)29-9-7-8-10-31(29)48-4)25(21-28)22-32(39(46)47)50-38-34-33(18-20-44-38)52-36(35(34)41)24-11-13-26(42)14-12-24/h7-21,32H,22-23H2,1-6H3,(H,46,47)/t32-/m1/s1. The molecule has 0 aliphatic rings. The normalized spacial score (nSPS) is 12.4. The lowest BCUT2D eigenvalue weighted by atomic mass is 10.1. The number of rotatable bonds is 13. The number of hydrogen-bond acceptors (Lipinski definition) is 9. The molecule has 3 aromatic carbocycles. The first-order valence-corrected chi connectivity index (χ1v) is 21.4. The molecule has 0 aliphatic carbocycles. The zero-order valence-corrected chi connectivity index (χ0v) is 33.5. The minimum absolute atomic E-state index is 0.0553. The van der Waals surface area contributed by atoms with Crippen LogP contribution in [0.15, 0.2) is 95.7 Å². The lowest BCUT2D eigenvalue weighted by Gasteiger charge is -2.36. The quantitative estimate of drug-likeness (QED) is 0.114. The number of carbonyl (C=O) groups is 1. The van der Waals surface area contributed by atoms with E-state index in [0.29, 0.717) is 44.2 Å². The third kappa shape index (κ3) is 8.53. The van der Waals surface area contributed by atoms with Crippen LogP contribution in [0.1, 0.15) is 32.0 Å².